The fourth-order valence-electron chi connectivity index (χ4n) is 2.73. The van der Waals surface area contributed by atoms with E-state index in [0.29, 0.717) is 12.1 Å². The van der Waals surface area contributed by atoms with Crippen molar-refractivity contribution in [2.45, 2.75) is 31.8 Å². The van der Waals surface area contributed by atoms with E-state index in [0.717, 1.165) is 28.9 Å². The molecule has 1 aromatic rings. The van der Waals surface area contributed by atoms with Gasteiger partial charge < -0.3 is 10.2 Å². The molecule has 5 heteroatoms. The molecule has 0 bridgehead atoms. The van der Waals surface area contributed by atoms with Crippen LogP contribution in [0, 0.1) is 0 Å². The van der Waals surface area contributed by atoms with Gasteiger partial charge in [0, 0.05) is 39.6 Å². The zero-order valence-electron chi connectivity index (χ0n) is 12.7. The number of hydrogen-bond donors (Lipinski definition) is 1. The Bertz CT molecular complexity index is 458. The Balaban J connectivity index is 2.11. The number of nitrogens with one attached hydrogen (secondary N) is 1. The van der Waals surface area contributed by atoms with Crippen molar-refractivity contribution in [3.63, 3.8) is 0 Å². The summed E-state index contributed by atoms with van der Waals surface area (Å²) in [6.45, 7) is 4.46. The molecule has 1 aromatic carbocycles. The molecule has 2 rings (SSSR count). The smallest absolute Gasteiger partial charge is 0.0449 e. The summed E-state index contributed by atoms with van der Waals surface area (Å²) in [5, 5.41) is 4.59. The van der Waals surface area contributed by atoms with Crippen LogP contribution in [0.25, 0.3) is 0 Å². The summed E-state index contributed by atoms with van der Waals surface area (Å²) >= 11 is 11.9. The van der Waals surface area contributed by atoms with E-state index in [2.05, 4.69) is 64.0 Å². The maximum atomic E-state index is 6.41. The first-order valence-corrected chi connectivity index (χ1v) is 9.89. The Hall–Kier alpha value is 0.260. The van der Waals surface area contributed by atoms with Gasteiger partial charge in [-0.05, 0) is 44.1 Å². The van der Waals surface area contributed by atoms with E-state index in [1.807, 2.05) is 6.07 Å². The topological polar surface area (TPSA) is 15.3 Å². The van der Waals surface area contributed by atoms with Gasteiger partial charge >= 0.3 is 0 Å². The molecule has 1 aliphatic rings. The fraction of sp³-hybridized carbons (Fsp3) is 0.625. The predicted molar refractivity (Wildman–Crippen MR) is 98.7 cm³/mol. The van der Waals surface area contributed by atoms with Crippen LogP contribution in [0.1, 0.15) is 18.9 Å². The van der Waals surface area contributed by atoms with Gasteiger partial charge in [-0.25, -0.2) is 0 Å². The van der Waals surface area contributed by atoms with Gasteiger partial charge in [0.15, 0.2) is 0 Å². The Morgan fingerprint density at radius 3 is 3.00 bits per heavy atom. The van der Waals surface area contributed by atoms with Gasteiger partial charge in [0.2, 0.25) is 0 Å². The lowest BCUT2D eigenvalue weighted by atomic mass is 9.99. The molecule has 0 spiro atoms. The van der Waals surface area contributed by atoms with Crippen molar-refractivity contribution in [1.29, 1.82) is 0 Å². The Morgan fingerprint density at radius 2 is 2.33 bits per heavy atom. The summed E-state index contributed by atoms with van der Waals surface area (Å²) in [6.07, 6.45) is 2.15. The van der Waals surface area contributed by atoms with Gasteiger partial charge in [-0.2, -0.15) is 11.8 Å². The molecule has 21 heavy (non-hydrogen) atoms. The Morgan fingerprint density at radius 1 is 1.52 bits per heavy atom. The molecule has 1 heterocycles. The molecule has 0 aliphatic carbocycles. The SMILES string of the molecule is CCCNC(Cc1ccc(Br)cc1Cl)C1CSCCN1C. The third-order valence-electron chi connectivity index (χ3n) is 4.02. The van der Waals surface area contributed by atoms with E-state index in [9.17, 15) is 0 Å². The third kappa shape index (κ3) is 5.14. The Labute approximate surface area is 146 Å². The van der Waals surface area contributed by atoms with Gasteiger partial charge in [0.25, 0.3) is 0 Å². The first-order valence-electron chi connectivity index (χ1n) is 7.57. The molecule has 0 radical (unpaired) electrons. The molecule has 0 saturated carbocycles. The van der Waals surface area contributed by atoms with Crippen molar-refractivity contribution in [3.05, 3.63) is 33.3 Å². The molecule has 1 N–H and O–H groups in total. The van der Waals surface area contributed by atoms with Crippen LogP contribution in [0.5, 0.6) is 0 Å². The predicted octanol–water partition coefficient (Wildman–Crippen LogP) is 4.06. The van der Waals surface area contributed by atoms with Crippen molar-refractivity contribution < 1.29 is 0 Å². The lowest BCUT2D eigenvalue weighted by molar-refractivity contribution is 0.213. The highest BCUT2D eigenvalue weighted by molar-refractivity contribution is 9.10. The van der Waals surface area contributed by atoms with E-state index in [-0.39, 0.29) is 0 Å². The fourth-order valence-corrected chi connectivity index (χ4v) is 4.79. The quantitative estimate of drug-likeness (QED) is 0.787. The maximum absolute atomic E-state index is 6.41. The number of hydrogen-bond acceptors (Lipinski definition) is 3. The molecule has 2 unspecified atom stereocenters. The zero-order chi connectivity index (χ0) is 15.2. The minimum Gasteiger partial charge on any atom is -0.312 e. The molecular weight excluding hydrogens is 368 g/mol. The normalized spacial score (nSPS) is 21.4. The summed E-state index contributed by atoms with van der Waals surface area (Å²) in [5.74, 6) is 2.44. The number of thioether (sulfide) groups is 1. The average molecular weight is 392 g/mol. The van der Waals surface area contributed by atoms with Crippen molar-refractivity contribution in [1.82, 2.24) is 10.2 Å². The monoisotopic (exact) mass is 390 g/mol. The third-order valence-corrected chi connectivity index (χ3v) is 5.91. The van der Waals surface area contributed by atoms with Gasteiger partial charge in [-0.15, -0.1) is 0 Å². The van der Waals surface area contributed by atoms with Crippen LogP contribution in [0.4, 0.5) is 0 Å². The standard InChI is InChI=1S/C16H24BrClN2S/c1-3-6-19-15(16-11-21-8-7-20(16)2)9-12-4-5-13(17)10-14(12)18/h4-5,10,15-16,19H,3,6-9,11H2,1-2H3. The zero-order valence-corrected chi connectivity index (χ0v) is 15.9. The van der Waals surface area contributed by atoms with Crippen LogP contribution in [0.3, 0.4) is 0 Å². The Kier molecular flexibility index (Phi) is 7.36. The van der Waals surface area contributed by atoms with E-state index in [1.165, 1.54) is 23.6 Å². The summed E-state index contributed by atoms with van der Waals surface area (Å²) in [6, 6.07) is 7.25. The van der Waals surface area contributed by atoms with E-state index in [1.54, 1.807) is 0 Å². The number of nitrogens with zero attached hydrogens (tertiary/aromatic N) is 1. The largest absolute Gasteiger partial charge is 0.312 e. The molecule has 0 amide bonds. The summed E-state index contributed by atoms with van der Waals surface area (Å²) in [4.78, 5) is 2.50. The molecular formula is C16H24BrClN2S. The highest BCUT2D eigenvalue weighted by Crippen LogP contribution is 2.25. The van der Waals surface area contributed by atoms with Crippen LogP contribution in [-0.4, -0.2) is 48.6 Å². The van der Waals surface area contributed by atoms with E-state index < -0.39 is 0 Å². The highest BCUT2D eigenvalue weighted by atomic mass is 79.9. The van der Waals surface area contributed by atoms with Gasteiger partial charge in [0.1, 0.15) is 0 Å². The molecule has 2 atom stereocenters. The molecule has 2 nitrogen and oxygen atoms in total. The minimum atomic E-state index is 0.460. The van der Waals surface area contributed by atoms with E-state index >= 15 is 0 Å². The van der Waals surface area contributed by atoms with Crippen molar-refractivity contribution in [2.75, 3.05) is 31.6 Å². The van der Waals surface area contributed by atoms with Gasteiger partial charge in [0.05, 0.1) is 0 Å². The second-order valence-electron chi connectivity index (χ2n) is 5.62. The summed E-state index contributed by atoms with van der Waals surface area (Å²) in [7, 11) is 2.24. The first-order chi connectivity index (χ1) is 10.1. The van der Waals surface area contributed by atoms with Crippen LogP contribution in [0.15, 0.2) is 22.7 Å². The van der Waals surface area contributed by atoms with Crippen LogP contribution in [-0.2, 0) is 6.42 Å². The second kappa shape index (κ2) is 8.78. The number of benzene rings is 1. The van der Waals surface area contributed by atoms with Crippen molar-refractivity contribution >= 4 is 39.3 Å². The molecule has 118 valence electrons. The number of rotatable bonds is 6. The second-order valence-corrected chi connectivity index (χ2v) is 8.10. The van der Waals surface area contributed by atoms with Crippen LogP contribution >= 0.6 is 39.3 Å². The van der Waals surface area contributed by atoms with Gasteiger partial charge in [-0.1, -0.05) is 40.5 Å². The maximum Gasteiger partial charge on any atom is 0.0449 e. The van der Waals surface area contributed by atoms with Gasteiger partial charge in [-0.3, -0.25) is 0 Å². The molecule has 0 aromatic heterocycles. The van der Waals surface area contributed by atoms with Crippen molar-refractivity contribution in [2.24, 2.45) is 0 Å². The summed E-state index contributed by atoms with van der Waals surface area (Å²) in [5.41, 5.74) is 1.23. The molecule has 1 saturated heterocycles. The van der Waals surface area contributed by atoms with Crippen LogP contribution < -0.4 is 5.32 Å². The first kappa shape index (κ1) is 17.6. The number of halogens is 2. The molecule has 1 aliphatic heterocycles. The highest BCUT2D eigenvalue weighted by Gasteiger charge is 2.28. The number of likely N-dealkylation sites (N-methyl/N-ethyl adjacent to an activating group) is 1. The van der Waals surface area contributed by atoms with Crippen LogP contribution in [0.2, 0.25) is 5.02 Å². The summed E-state index contributed by atoms with van der Waals surface area (Å²) < 4.78 is 1.04. The van der Waals surface area contributed by atoms with E-state index in [4.69, 9.17) is 11.6 Å². The average Bonchev–Trinajstić information content (AvgIpc) is 2.46. The molecule has 1 fully saturated rings. The minimum absolute atomic E-state index is 0.460. The van der Waals surface area contributed by atoms with Crippen molar-refractivity contribution in [3.8, 4) is 0 Å². The lowest BCUT2D eigenvalue weighted by Gasteiger charge is -2.38. The lowest BCUT2D eigenvalue weighted by Crippen LogP contribution is -2.53.